The number of rotatable bonds is 4. The molecular formula is C15H22N2O. The van der Waals surface area contributed by atoms with E-state index < -0.39 is 0 Å². The van der Waals surface area contributed by atoms with E-state index in [1.807, 2.05) is 4.90 Å². The fourth-order valence-electron chi connectivity index (χ4n) is 2.22. The molecule has 1 aliphatic heterocycles. The molecule has 0 bridgehead atoms. The Morgan fingerprint density at radius 3 is 2.61 bits per heavy atom. The van der Waals surface area contributed by atoms with Gasteiger partial charge in [-0.25, -0.2) is 0 Å². The van der Waals surface area contributed by atoms with Crippen molar-refractivity contribution in [2.45, 2.75) is 26.2 Å². The number of benzene rings is 1. The van der Waals surface area contributed by atoms with E-state index in [0.717, 1.165) is 26.1 Å². The Bertz CT molecular complexity index is 397. The SMILES string of the molecule is CC(C)c1ccc(CCN2CCNCC2=O)cc1. The Balaban J connectivity index is 1.87. The molecule has 0 aromatic heterocycles. The predicted octanol–water partition coefficient (Wildman–Crippen LogP) is 1.78. The second kappa shape index (κ2) is 6.01. The van der Waals surface area contributed by atoms with Gasteiger partial charge in [-0.05, 0) is 23.5 Å². The molecule has 18 heavy (non-hydrogen) atoms. The van der Waals surface area contributed by atoms with Crippen LogP contribution in [-0.4, -0.2) is 37.0 Å². The fourth-order valence-corrected chi connectivity index (χ4v) is 2.22. The van der Waals surface area contributed by atoms with Crippen molar-refractivity contribution in [3.05, 3.63) is 35.4 Å². The normalized spacial score (nSPS) is 16.4. The molecule has 1 saturated heterocycles. The Morgan fingerprint density at radius 1 is 1.28 bits per heavy atom. The van der Waals surface area contributed by atoms with Crippen LogP contribution < -0.4 is 5.32 Å². The summed E-state index contributed by atoms with van der Waals surface area (Å²) >= 11 is 0. The van der Waals surface area contributed by atoms with Crippen molar-refractivity contribution in [3.8, 4) is 0 Å². The van der Waals surface area contributed by atoms with Gasteiger partial charge >= 0.3 is 0 Å². The van der Waals surface area contributed by atoms with E-state index in [4.69, 9.17) is 0 Å². The van der Waals surface area contributed by atoms with Crippen LogP contribution in [0, 0.1) is 0 Å². The lowest BCUT2D eigenvalue weighted by Gasteiger charge is -2.27. The standard InChI is InChI=1S/C15H22N2O/c1-12(2)14-5-3-13(4-6-14)7-9-17-10-8-16-11-15(17)18/h3-6,12,16H,7-11H2,1-2H3. The maximum Gasteiger partial charge on any atom is 0.236 e. The average Bonchev–Trinajstić information content (AvgIpc) is 2.38. The first-order valence-electron chi connectivity index (χ1n) is 6.74. The van der Waals surface area contributed by atoms with E-state index in [0.29, 0.717) is 12.5 Å². The van der Waals surface area contributed by atoms with Gasteiger partial charge in [0.15, 0.2) is 0 Å². The van der Waals surface area contributed by atoms with Crippen molar-refractivity contribution in [3.63, 3.8) is 0 Å². The van der Waals surface area contributed by atoms with Gasteiger partial charge in [0.1, 0.15) is 0 Å². The number of hydrogen-bond acceptors (Lipinski definition) is 2. The molecule has 1 aromatic rings. The lowest BCUT2D eigenvalue weighted by molar-refractivity contribution is -0.131. The van der Waals surface area contributed by atoms with Crippen LogP contribution in [0.25, 0.3) is 0 Å². The van der Waals surface area contributed by atoms with Crippen molar-refractivity contribution >= 4 is 5.91 Å². The molecule has 1 fully saturated rings. The number of nitrogens with one attached hydrogen (secondary N) is 1. The molecule has 0 unspecified atom stereocenters. The highest BCUT2D eigenvalue weighted by atomic mass is 16.2. The molecule has 1 heterocycles. The summed E-state index contributed by atoms with van der Waals surface area (Å²) in [6.45, 7) is 7.48. The van der Waals surface area contributed by atoms with E-state index in [1.54, 1.807) is 0 Å². The topological polar surface area (TPSA) is 32.3 Å². The van der Waals surface area contributed by atoms with Gasteiger partial charge in [-0.2, -0.15) is 0 Å². The van der Waals surface area contributed by atoms with Crippen molar-refractivity contribution in [1.29, 1.82) is 0 Å². The maximum absolute atomic E-state index is 11.6. The van der Waals surface area contributed by atoms with E-state index >= 15 is 0 Å². The zero-order valence-corrected chi connectivity index (χ0v) is 11.3. The lowest BCUT2D eigenvalue weighted by atomic mass is 10.0. The minimum Gasteiger partial charge on any atom is -0.340 e. The van der Waals surface area contributed by atoms with Gasteiger partial charge in [-0.3, -0.25) is 4.79 Å². The highest BCUT2D eigenvalue weighted by molar-refractivity contribution is 5.78. The Kier molecular flexibility index (Phi) is 4.37. The molecule has 1 amide bonds. The number of carbonyl (C=O) groups excluding carboxylic acids is 1. The van der Waals surface area contributed by atoms with E-state index in [-0.39, 0.29) is 5.91 Å². The first-order chi connectivity index (χ1) is 8.66. The van der Waals surface area contributed by atoms with Crippen LogP contribution in [0.15, 0.2) is 24.3 Å². The molecule has 0 atom stereocenters. The summed E-state index contributed by atoms with van der Waals surface area (Å²) in [6, 6.07) is 8.75. The van der Waals surface area contributed by atoms with E-state index in [1.165, 1.54) is 11.1 Å². The van der Waals surface area contributed by atoms with Gasteiger partial charge in [0.2, 0.25) is 5.91 Å². The van der Waals surface area contributed by atoms with Crippen molar-refractivity contribution in [2.75, 3.05) is 26.2 Å². The number of carbonyl (C=O) groups is 1. The molecule has 0 saturated carbocycles. The molecule has 1 aromatic carbocycles. The van der Waals surface area contributed by atoms with Crippen molar-refractivity contribution < 1.29 is 4.79 Å². The zero-order chi connectivity index (χ0) is 13.0. The minimum absolute atomic E-state index is 0.222. The van der Waals surface area contributed by atoms with Crippen molar-refractivity contribution in [1.82, 2.24) is 10.2 Å². The summed E-state index contributed by atoms with van der Waals surface area (Å²) in [7, 11) is 0. The lowest BCUT2D eigenvalue weighted by Crippen LogP contribution is -2.48. The maximum atomic E-state index is 11.6. The first kappa shape index (κ1) is 13.1. The largest absolute Gasteiger partial charge is 0.340 e. The number of nitrogens with zero attached hydrogens (tertiary/aromatic N) is 1. The molecular weight excluding hydrogens is 224 g/mol. The Labute approximate surface area is 109 Å². The summed E-state index contributed by atoms with van der Waals surface area (Å²) in [5.74, 6) is 0.800. The fraction of sp³-hybridized carbons (Fsp3) is 0.533. The smallest absolute Gasteiger partial charge is 0.236 e. The van der Waals surface area contributed by atoms with Crippen molar-refractivity contribution in [2.24, 2.45) is 0 Å². The molecule has 1 aliphatic rings. The van der Waals surface area contributed by atoms with Crippen LogP contribution in [0.4, 0.5) is 0 Å². The summed E-state index contributed by atoms with van der Waals surface area (Å²) in [4.78, 5) is 13.6. The first-order valence-corrected chi connectivity index (χ1v) is 6.74. The van der Waals surface area contributed by atoms with E-state index in [9.17, 15) is 4.79 Å². The van der Waals surface area contributed by atoms with Crippen LogP contribution in [-0.2, 0) is 11.2 Å². The van der Waals surface area contributed by atoms with Gasteiger partial charge in [-0.1, -0.05) is 38.1 Å². The molecule has 0 spiro atoms. The monoisotopic (exact) mass is 246 g/mol. The van der Waals surface area contributed by atoms with Gasteiger partial charge < -0.3 is 10.2 Å². The Hall–Kier alpha value is -1.35. The summed E-state index contributed by atoms with van der Waals surface area (Å²) in [6.07, 6.45) is 0.949. The average molecular weight is 246 g/mol. The number of hydrogen-bond donors (Lipinski definition) is 1. The van der Waals surface area contributed by atoms with Crippen LogP contribution in [0.5, 0.6) is 0 Å². The van der Waals surface area contributed by atoms with Crippen LogP contribution in [0.1, 0.15) is 30.9 Å². The van der Waals surface area contributed by atoms with E-state index in [2.05, 4.69) is 43.4 Å². The molecule has 2 rings (SSSR count). The second-order valence-corrected chi connectivity index (χ2v) is 5.20. The number of amides is 1. The van der Waals surface area contributed by atoms with Gasteiger partial charge in [0.05, 0.1) is 6.54 Å². The third kappa shape index (κ3) is 3.33. The molecule has 1 N–H and O–H groups in total. The molecule has 0 radical (unpaired) electrons. The third-order valence-electron chi connectivity index (χ3n) is 3.50. The summed E-state index contributed by atoms with van der Waals surface area (Å²) in [5, 5.41) is 3.09. The van der Waals surface area contributed by atoms with Crippen LogP contribution in [0.3, 0.4) is 0 Å². The van der Waals surface area contributed by atoms with Gasteiger partial charge in [-0.15, -0.1) is 0 Å². The molecule has 3 heteroatoms. The third-order valence-corrected chi connectivity index (χ3v) is 3.50. The Morgan fingerprint density at radius 2 is 2.00 bits per heavy atom. The van der Waals surface area contributed by atoms with Gasteiger partial charge in [0, 0.05) is 19.6 Å². The molecule has 98 valence electrons. The van der Waals surface area contributed by atoms with Crippen LogP contribution in [0.2, 0.25) is 0 Å². The minimum atomic E-state index is 0.222. The van der Waals surface area contributed by atoms with Crippen LogP contribution >= 0.6 is 0 Å². The quantitative estimate of drug-likeness (QED) is 0.878. The molecule has 0 aliphatic carbocycles. The number of piperazine rings is 1. The zero-order valence-electron chi connectivity index (χ0n) is 11.3. The second-order valence-electron chi connectivity index (χ2n) is 5.20. The van der Waals surface area contributed by atoms with Gasteiger partial charge in [0.25, 0.3) is 0 Å². The highest BCUT2D eigenvalue weighted by Gasteiger charge is 2.16. The predicted molar refractivity (Wildman–Crippen MR) is 73.7 cm³/mol. The molecule has 3 nitrogen and oxygen atoms in total. The summed E-state index contributed by atoms with van der Waals surface area (Å²) < 4.78 is 0. The highest BCUT2D eigenvalue weighted by Crippen LogP contribution is 2.15. The summed E-state index contributed by atoms with van der Waals surface area (Å²) in [5.41, 5.74) is 2.68.